The van der Waals surface area contributed by atoms with Crippen LogP contribution in [0.4, 0.5) is 0 Å². The molecular weight excluding hydrogens is 222 g/mol. The first-order chi connectivity index (χ1) is 8.09. The Morgan fingerprint density at radius 2 is 2.18 bits per heavy atom. The maximum atomic E-state index is 12.0. The molecule has 2 atom stereocenters. The first-order valence-corrected chi connectivity index (χ1v) is 5.93. The fourth-order valence-corrected chi connectivity index (χ4v) is 2.19. The van der Waals surface area contributed by atoms with E-state index < -0.39 is 0 Å². The summed E-state index contributed by atoms with van der Waals surface area (Å²) in [6, 6.07) is -0.634. The fourth-order valence-electron chi connectivity index (χ4n) is 2.19. The average Bonchev–Trinajstić information content (AvgIpc) is 2.61. The first kappa shape index (κ1) is 12.3. The molecule has 0 spiro atoms. The number of amides is 2. The molecule has 2 fully saturated rings. The molecule has 0 saturated carbocycles. The Morgan fingerprint density at radius 3 is 2.76 bits per heavy atom. The SMILES string of the molecule is CN1CCC(NC(=O)C2COCCN2C)C1=O. The van der Waals surface area contributed by atoms with E-state index in [0.717, 1.165) is 6.54 Å². The highest BCUT2D eigenvalue weighted by molar-refractivity contribution is 5.90. The zero-order chi connectivity index (χ0) is 12.4. The molecule has 2 rings (SSSR count). The Morgan fingerprint density at radius 1 is 1.41 bits per heavy atom. The molecule has 0 radical (unpaired) electrons. The molecule has 2 amide bonds. The van der Waals surface area contributed by atoms with Gasteiger partial charge < -0.3 is 15.0 Å². The van der Waals surface area contributed by atoms with Gasteiger partial charge >= 0.3 is 0 Å². The van der Waals surface area contributed by atoms with Gasteiger partial charge in [0.25, 0.3) is 0 Å². The van der Waals surface area contributed by atoms with Gasteiger partial charge in [-0.2, -0.15) is 0 Å². The van der Waals surface area contributed by atoms with Crippen LogP contribution in [0.15, 0.2) is 0 Å². The minimum absolute atomic E-state index is 0.00210. The normalized spacial score (nSPS) is 30.7. The van der Waals surface area contributed by atoms with Crippen LogP contribution >= 0.6 is 0 Å². The van der Waals surface area contributed by atoms with Crippen molar-refractivity contribution in [3.05, 3.63) is 0 Å². The number of carbonyl (C=O) groups excluding carboxylic acids is 2. The van der Waals surface area contributed by atoms with E-state index in [1.54, 1.807) is 11.9 Å². The van der Waals surface area contributed by atoms with E-state index in [1.807, 2.05) is 11.9 Å². The minimum atomic E-state index is -0.358. The second-order valence-electron chi connectivity index (χ2n) is 4.68. The molecule has 0 aromatic carbocycles. The molecule has 2 heterocycles. The quantitative estimate of drug-likeness (QED) is 0.650. The lowest BCUT2D eigenvalue weighted by atomic mass is 10.2. The van der Waals surface area contributed by atoms with Crippen LogP contribution in [0.25, 0.3) is 0 Å². The summed E-state index contributed by atoms with van der Waals surface area (Å²) >= 11 is 0. The summed E-state index contributed by atoms with van der Waals surface area (Å²) in [5, 5.41) is 2.81. The van der Waals surface area contributed by atoms with Crippen LogP contribution in [0.2, 0.25) is 0 Å². The first-order valence-electron chi connectivity index (χ1n) is 5.93. The molecule has 0 aromatic heterocycles. The highest BCUT2D eigenvalue weighted by Gasteiger charge is 2.34. The van der Waals surface area contributed by atoms with Gasteiger partial charge in [-0.25, -0.2) is 0 Å². The van der Waals surface area contributed by atoms with E-state index in [4.69, 9.17) is 4.74 Å². The predicted octanol–water partition coefficient (Wildman–Crippen LogP) is -1.34. The predicted molar refractivity (Wildman–Crippen MR) is 61.4 cm³/mol. The Labute approximate surface area is 101 Å². The van der Waals surface area contributed by atoms with Crippen LogP contribution in [0, 0.1) is 0 Å². The van der Waals surface area contributed by atoms with E-state index in [-0.39, 0.29) is 23.9 Å². The summed E-state index contributed by atoms with van der Waals surface area (Å²) in [6.45, 7) is 2.52. The molecule has 0 aromatic rings. The van der Waals surface area contributed by atoms with E-state index in [9.17, 15) is 9.59 Å². The number of likely N-dealkylation sites (N-methyl/N-ethyl adjacent to an activating group) is 2. The van der Waals surface area contributed by atoms with Gasteiger partial charge in [0.05, 0.1) is 13.2 Å². The number of hydrogen-bond donors (Lipinski definition) is 1. The van der Waals surface area contributed by atoms with E-state index in [2.05, 4.69) is 5.32 Å². The molecule has 6 nitrogen and oxygen atoms in total. The van der Waals surface area contributed by atoms with Crippen molar-refractivity contribution in [3.8, 4) is 0 Å². The molecule has 96 valence electrons. The summed E-state index contributed by atoms with van der Waals surface area (Å²) in [6.07, 6.45) is 0.693. The number of rotatable bonds is 2. The Kier molecular flexibility index (Phi) is 3.63. The number of ether oxygens (including phenoxy) is 1. The highest BCUT2D eigenvalue weighted by Crippen LogP contribution is 2.10. The fraction of sp³-hybridized carbons (Fsp3) is 0.818. The number of nitrogens with one attached hydrogen (secondary N) is 1. The second kappa shape index (κ2) is 5.01. The van der Waals surface area contributed by atoms with Crippen LogP contribution in [0.3, 0.4) is 0 Å². The lowest BCUT2D eigenvalue weighted by Crippen LogP contribution is -2.54. The third-order valence-corrected chi connectivity index (χ3v) is 3.44. The number of hydrogen-bond acceptors (Lipinski definition) is 4. The molecule has 0 bridgehead atoms. The molecule has 6 heteroatoms. The average molecular weight is 241 g/mol. The van der Waals surface area contributed by atoms with Gasteiger partial charge in [-0.1, -0.05) is 0 Å². The van der Waals surface area contributed by atoms with Crippen LogP contribution in [0.1, 0.15) is 6.42 Å². The highest BCUT2D eigenvalue weighted by atomic mass is 16.5. The van der Waals surface area contributed by atoms with Crippen molar-refractivity contribution in [2.45, 2.75) is 18.5 Å². The summed E-state index contributed by atoms with van der Waals surface area (Å²) in [5.41, 5.74) is 0. The third kappa shape index (κ3) is 2.58. The molecule has 2 saturated heterocycles. The van der Waals surface area contributed by atoms with Gasteiger partial charge in [0.15, 0.2) is 0 Å². The van der Waals surface area contributed by atoms with Crippen molar-refractivity contribution in [1.82, 2.24) is 15.1 Å². The van der Waals surface area contributed by atoms with E-state index in [0.29, 0.717) is 26.2 Å². The summed E-state index contributed by atoms with van der Waals surface area (Å²) in [4.78, 5) is 27.3. The monoisotopic (exact) mass is 241 g/mol. The molecule has 2 aliphatic heterocycles. The molecule has 17 heavy (non-hydrogen) atoms. The zero-order valence-electron chi connectivity index (χ0n) is 10.3. The van der Waals surface area contributed by atoms with E-state index in [1.165, 1.54) is 0 Å². The second-order valence-corrected chi connectivity index (χ2v) is 4.68. The van der Waals surface area contributed by atoms with Gasteiger partial charge in [0, 0.05) is 20.1 Å². The lowest BCUT2D eigenvalue weighted by Gasteiger charge is -2.31. The van der Waals surface area contributed by atoms with Crippen molar-refractivity contribution in [2.75, 3.05) is 40.4 Å². The van der Waals surface area contributed by atoms with Crippen molar-refractivity contribution < 1.29 is 14.3 Å². The Balaban J connectivity index is 1.90. The third-order valence-electron chi connectivity index (χ3n) is 3.44. The zero-order valence-corrected chi connectivity index (χ0v) is 10.3. The molecule has 2 unspecified atom stereocenters. The summed E-state index contributed by atoms with van der Waals surface area (Å²) < 4.78 is 5.29. The number of nitrogens with zero attached hydrogens (tertiary/aromatic N) is 2. The maximum absolute atomic E-state index is 12.0. The van der Waals surface area contributed by atoms with E-state index >= 15 is 0 Å². The molecule has 2 aliphatic rings. The van der Waals surface area contributed by atoms with Crippen molar-refractivity contribution in [3.63, 3.8) is 0 Å². The van der Waals surface area contributed by atoms with Gasteiger partial charge in [0.2, 0.25) is 11.8 Å². The van der Waals surface area contributed by atoms with Crippen LogP contribution in [-0.2, 0) is 14.3 Å². The number of carbonyl (C=O) groups is 2. The molecule has 1 N–H and O–H groups in total. The smallest absolute Gasteiger partial charge is 0.244 e. The number of likely N-dealkylation sites (tertiary alicyclic amines) is 1. The lowest BCUT2D eigenvalue weighted by molar-refractivity contribution is -0.136. The number of morpholine rings is 1. The minimum Gasteiger partial charge on any atom is -0.378 e. The van der Waals surface area contributed by atoms with Gasteiger partial charge in [-0.05, 0) is 13.5 Å². The van der Waals surface area contributed by atoms with Gasteiger partial charge in [-0.3, -0.25) is 14.5 Å². The van der Waals surface area contributed by atoms with Crippen LogP contribution in [-0.4, -0.2) is 74.1 Å². The topological polar surface area (TPSA) is 61.9 Å². The standard InChI is InChI=1S/C11H19N3O3/c1-13-5-6-17-7-9(13)10(15)12-8-3-4-14(2)11(8)16/h8-9H,3-7H2,1-2H3,(H,12,15). The van der Waals surface area contributed by atoms with Crippen molar-refractivity contribution >= 4 is 11.8 Å². The van der Waals surface area contributed by atoms with Crippen LogP contribution < -0.4 is 5.32 Å². The molecular formula is C11H19N3O3. The maximum Gasteiger partial charge on any atom is 0.244 e. The Bertz CT molecular complexity index is 321. The van der Waals surface area contributed by atoms with Gasteiger partial charge in [0.1, 0.15) is 12.1 Å². The van der Waals surface area contributed by atoms with Crippen molar-refractivity contribution in [2.24, 2.45) is 0 Å². The van der Waals surface area contributed by atoms with Crippen LogP contribution in [0.5, 0.6) is 0 Å². The largest absolute Gasteiger partial charge is 0.378 e. The Hall–Kier alpha value is -1.14. The summed E-state index contributed by atoms with van der Waals surface area (Å²) in [5.74, 6) is -0.112. The van der Waals surface area contributed by atoms with Crippen molar-refractivity contribution in [1.29, 1.82) is 0 Å². The molecule has 0 aliphatic carbocycles. The van der Waals surface area contributed by atoms with Gasteiger partial charge in [-0.15, -0.1) is 0 Å². The summed E-state index contributed by atoms with van der Waals surface area (Å²) in [7, 11) is 3.65.